The van der Waals surface area contributed by atoms with Gasteiger partial charge >= 0.3 is 0 Å². The van der Waals surface area contributed by atoms with Gasteiger partial charge < -0.3 is 19.1 Å². The predicted octanol–water partition coefficient (Wildman–Crippen LogP) is 5.30. The highest BCUT2D eigenvalue weighted by molar-refractivity contribution is 7.49. The molecule has 0 amide bonds. The quantitative estimate of drug-likeness (QED) is 0.411. The molecule has 2 aromatic carbocycles. The van der Waals surface area contributed by atoms with E-state index in [0.717, 1.165) is 31.0 Å². The predicted molar refractivity (Wildman–Crippen MR) is 124 cm³/mol. The Morgan fingerprint density at radius 2 is 1.76 bits per heavy atom. The van der Waals surface area contributed by atoms with Crippen molar-refractivity contribution in [2.24, 2.45) is 0 Å². The Balaban J connectivity index is 1.97. The standard InChI is InChI=1S/C24H34NO3P/c1-5-24(2,19-12-11-14-21(27-4)23(19)28-18-26-3)29-22-15-8-7-13-20(22)25-16-9-6-10-17-25/h7-8,11-15,29H,5-6,9-10,16-18H2,1-4H3. The number of piperidine rings is 1. The third-order valence-corrected chi connectivity index (χ3v) is 7.70. The van der Waals surface area contributed by atoms with E-state index in [1.165, 1.54) is 35.8 Å². The average Bonchev–Trinajstić information content (AvgIpc) is 2.78. The van der Waals surface area contributed by atoms with E-state index in [1.807, 2.05) is 6.07 Å². The molecule has 0 N–H and O–H groups in total. The van der Waals surface area contributed by atoms with Crippen molar-refractivity contribution in [2.75, 3.05) is 39.0 Å². The summed E-state index contributed by atoms with van der Waals surface area (Å²) in [6, 6.07) is 15.1. The molecule has 29 heavy (non-hydrogen) atoms. The lowest BCUT2D eigenvalue weighted by Crippen LogP contribution is -2.33. The number of anilines is 1. The van der Waals surface area contributed by atoms with Gasteiger partial charge in [-0.15, -0.1) is 0 Å². The van der Waals surface area contributed by atoms with E-state index in [9.17, 15) is 0 Å². The minimum Gasteiger partial charge on any atom is -0.493 e. The lowest BCUT2D eigenvalue weighted by atomic mass is 9.96. The Morgan fingerprint density at radius 3 is 2.45 bits per heavy atom. The molecule has 1 aliphatic heterocycles. The highest BCUT2D eigenvalue weighted by atomic mass is 31.1. The molecule has 2 unspecified atom stereocenters. The minimum atomic E-state index is -0.0521. The Kier molecular flexibility index (Phi) is 7.80. The number of nitrogens with zero attached hydrogens (tertiary/aromatic N) is 1. The van der Waals surface area contributed by atoms with Gasteiger partial charge in [0, 0.05) is 36.6 Å². The molecule has 4 nitrogen and oxygen atoms in total. The first kappa shape index (κ1) is 21.9. The molecule has 0 bridgehead atoms. The summed E-state index contributed by atoms with van der Waals surface area (Å²) in [5.41, 5.74) is 2.58. The fourth-order valence-electron chi connectivity index (χ4n) is 4.01. The first-order chi connectivity index (χ1) is 14.1. The first-order valence-electron chi connectivity index (χ1n) is 10.5. The van der Waals surface area contributed by atoms with E-state index in [-0.39, 0.29) is 11.9 Å². The van der Waals surface area contributed by atoms with Gasteiger partial charge in [-0.2, -0.15) is 0 Å². The normalized spacial score (nSPS) is 16.8. The maximum atomic E-state index is 5.99. The van der Waals surface area contributed by atoms with Crippen molar-refractivity contribution in [3.8, 4) is 11.5 Å². The molecule has 0 spiro atoms. The number of ether oxygens (including phenoxy) is 3. The molecule has 1 aliphatic rings. The van der Waals surface area contributed by atoms with Gasteiger partial charge in [-0.25, -0.2) is 0 Å². The number of hydrogen-bond donors (Lipinski definition) is 0. The van der Waals surface area contributed by atoms with E-state index in [0.29, 0.717) is 8.58 Å². The maximum Gasteiger partial charge on any atom is 0.188 e. The van der Waals surface area contributed by atoms with Crippen LogP contribution in [0.4, 0.5) is 5.69 Å². The van der Waals surface area contributed by atoms with Crippen LogP contribution in [-0.4, -0.2) is 34.1 Å². The number of rotatable bonds is 9. The van der Waals surface area contributed by atoms with Crippen molar-refractivity contribution in [1.82, 2.24) is 0 Å². The number of para-hydroxylation sites is 2. The summed E-state index contributed by atoms with van der Waals surface area (Å²) in [5, 5.41) is 1.38. The zero-order valence-corrected chi connectivity index (χ0v) is 19.2. The van der Waals surface area contributed by atoms with Gasteiger partial charge in [0.1, 0.15) is 0 Å². The molecule has 0 radical (unpaired) electrons. The molecule has 1 saturated heterocycles. The molecule has 2 atom stereocenters. The highest BCUT2D eigenvalue weighted by Gasteiger charge is 2.31. The summed E-state index contributed by atoms with van der Waals surface area (Å²) in [6.45, 7) is 7.13. The summed E-state index contributed by atoms with van der Waals surface area (Å²) in [6.07, 6.45) is 4.93. The third-order valence-electron chi connectivity index (χ3n) is 5.83. The van der Waals surface area contributed by atoms with E-state index in [1.54, 1.807) is 14.2 Å². The fraction of sp³-hybridized carbons (Fsp3) is 0.500. The Bertz CT molecular complexity index is 791. The average molecular weight is 416 g/mol. The fourth-order valence-corrected chi connectivity index (χ4v) is 5.66. The maximum absolute atomic E-state index is 5.99. The molecule has 1 heterocycles. The molecule has 5 heteroatoms. The van der Waals surface area contributed by atoms with Gasteiger partial charge in [0.25, 0.3) is 0 Å². The molecule has 0 aliphatic carbocycles. The van der Waals surface area contributed by atoms with Crippen LogP contribution in [0.1, 0.15) is 45.1 Å². The van der Waals surface area contributed by atoms with Gasteiger partial charge in [0.15, 0.2) is 18.3 Å². The Hall–Kier alpha value is -1.77. The largest absolute Gasteiger partial charge is 0.493 e. The second kappa shape index (κ2) is 10.3. The molecular formula is C24H34NO3P. The summed E-state index contributed by atoms with van der Waals surface area (Å²) < 4.78 is 16.8. The zero-order chi connectivity index (χ0) is 20.7. The molecular weight excluding hydrogens is 381 g/mol. The lowest BCUT2D eigenvalue weighted by Gasteiger charge is -2.35. The van der Waals surface area contributed by atoms with Crippen LogP contribution in [0.2, 0.25) is 0 Å². The Labute approximate surface area is 177 Å². The van der Waals surface area contributed by atoms with Gasteiger partial charge in [0.05, 0.1) is 7.11 Å². The number of benzene rings is 2. The van der Waals surface area contributed by atoms with Crippen molar-refractivity contribution in [1.29, 1.82) is 0 Å². The van der Waals surface area contributed by atoms with E-state index in [2.05, 4.69) is 55.1 Å². The number of methoxy groups -OCH3 is 2. The van der Waals surface area contributed by atoms with Crippen LogP contribution in [0.5, 0.6) is 11.5 Å². The van der Waals surface area contributed by atoms with Gasteiger partial charge in [-0.3, -0.25) is 0 Å². The third kappa shape index (κ3) is 5.05. The van der Waals surface area contributed by atoms with Crippen molar-refractivity contribution in [2.45, 2.75) is 44.7 Å². The van der Waals surface area contributed by atoms with Gasteiger partial charge in [-0.1, -0.05) is 52.8 Å². The van der Waals surface area contributed by atoms with E-state index < -0.39 is 0 Å². The monoisotopic (exact) mass is 415 g/mol. The summed E-state index contributed by atoms with van der Waals surface area (Å²) in [4.78, 5) is 2.57. The van der Waals surface area contributed by atoms with E-state index >= 15 is 0 Å². The van der Waals surface area contributed by atoms with Gasteiger partial charge in [0.2, 0.25) is 0 Å². The first-order valence-corrected chi connectivity index (χ1v) is 11.5. The van der Waals surface area contributed by atoms with Crippen LogP contribution in [0.25, 0.3) is 0 Å². The zero-order valence-electron chi connectivity index (χ0n) is 18.2. The topological polar surface area (TPSA) is 30.9 Å². The van der Waals surface area contributed by atoms with Crippen LogP contribution >= 0.6 is 8.58 Å². The molecule has 3 rings (SSSR count). The molecule has 0 saturated carbocycles. The SMILES string of the molecule is CCC(C)(Pc1ccccc1N1CCCCC1)c1cccc(OC)c1OCOC. The Morgan fingerprint density at radius 1 is 1.00 bits per heavy atom. The summed E-state index contributed by atoms with van der Waals surface area (Å²) in [5.74, 6) is 1.55. The van der Waals surface area contributed by atoms with Crippen molar-refractivity contribution in [3.05, 3.63) is 48.0 Å². The van der Waals surface area contributed by atoms with Crippen LogP contribution < -0.4 is 19.7 Å². The second-order valence-corrected chi connectivity index (χ2v) is 9.66. The minimum absolute atomic E-state index is 0.0521. The van der Waals surface area contributed by atoms with Gasteiger partial charge in [-0.05, 0) is 43.1 Å². The van der Waals surface area contributed by atoms with Crippen LogP contribution in [0.3, 0.4) is 0 Å². The molecule has 0 aromatic heterocycles. The van der Waals surface area contributed by atoms with Crippen molar-refractivity contribution in [3.63, 3.8) is 0 Å². The lowest BCUT2D eigenvalue weighted by molar-refractivity contribution is 0.0480. The molecule has 2 aromatic rings. The summed E-state index contributed by atoms with van der Waals surface area (Å²) in [7, 11) is 3.96. The van der Waals surface area contributed by atoms with Crippen LogP contribution in [0, 0.1) is 0 Å². The van der Waals surface area contributed by atoms with Crippen molar-refractivity contribution >= 4 is 19.6 Å². The van der Waals surface area contributed by atoms with Crippen LogP contribution in [0.15, 0.2) is 42.5 Å². The highest BCUT2D eigenvalue weighted by Crippen LogP contribution is 2.50. The summed E-state index contributed by atoms with van der Waals surface area (Å²) >= 11 is 0. The van der Waals surface area contributed by atoms with E-state index in [4.69, 9.17) is 14.2 Å². The second-order valence-electron chi connectivity index (χ2n) is 7.76. The van der Waals surface area contributed by atoms with Crippen molar-refractivity contribution < 1.29 is 14.2 Å². The molecule has 158 valence electrons. The molecule has 1 fully saturated rings. The smallest absolute Gasteiger partial charge is 0.188 e. The van der Waals surface area contributed by atoms with Crippen LogP contribution in [-0.2, 0) is 9.89 Å². The number of hydrogen-bond acceptors (Lipinski definition) is 4.